The summed E-state index contributed by atoms with van der Waals surface area (Å²) in [6, 6.07) is 10.2. The second-order valence-electron chi connectivity index (χ2n) is 4.16. The van der Waals surface area contributed by atoms with Crippen LogP contribution in [0.2, 0.25) is 0 Å². The van der Waals surface area contributed by atoms with Gasteiger partial charge in [0.1, 0.15) is 0 Å². The molecule has 0 bridgehead atoms. The van der Waals surface area contributed by atoms with E-state index in [2.05, 4.69) is 24.0 Å². The summed E-state index contributed by atoms with van der Waals surface area (Å²) >= 11 is 0. The third-order valence-corrected chi connectivity index (χ3v) is 2.74. The Kier molecular flexibility index (Phi) is 5.95. The molecule has 17 heavy (non-hydrogen) atoms. The maximum absolute atomic E-state index is 8.51. The zero-order valence-electron chi connectivity index (χ0n) is 10.5. The maximum atomic E-state index is 8.51. The lowest BCUT2D eigenvalue weighted by Gasteiger charge is -2.25. The van der Waals surface area contributed by atoms with Gasteiger partial charge in [-0.3, -0.25) is 0 Å². The predicted molar refractivity (Wildman–Crippen MR) is 72.8 cm³/mol. The van der Waals surface area contributed by atoms with Crippen LogP contribution < -0.4 is 10.6 Å². The number of rotatable bonds is 7. The quantitative estimate of drug-likeness (QED) is 0.579. The number of nitrogens with zero attached hydrogens (tertiary/aromatic N) is 2. The molecule has 0 aliphatic heterocycles. The highest BCUT2D eigenvalue weighted by Gasteiger charge is 2.07. The number of hydrogen-bond donors (Lipinski definition) is 1. The van der Waals surface area contributed by atoms with Gasteiger partial charge in [-0.1, -0.05) is 19.1 Å². The molecule has 3 heteroatoms. The van der Waals surface area contributed by atoms with Crippen LogP contribution in [0.15, 0.2) is 24.3 Å². The molecule has 0 aliphatic carbocycles. The molecule has 0 unspecified atom stereocenters. The van der Waals surface area contributed by atoms with Crippen molar-refractivity contribution in [3.05, 3.63) is 24.3 Å². The minimum atomic E-state index is 0.643. The molecule has 0 aromatic heterocycles. The average molecular weight is 231 g/mol. The van der Waals surface area contributed by atoms with Gasteiger partial charge in [0, 0.05) is 19.5 Å². The summed E-state index contributed by atoms with van der Waals surface area (Å²) in [5.41, 5.74) is 7.94. The summed E-state index contributed by atoms with van der Waals surface area (Å²) in [6.07, 6.45) is 3.75. The number of para-hydroxylation sites is 2. The van der Waals surface area contributed by atoms with Crippen molar-refractivity contribution in [1.29, 1.82) is 5.26 Å². The molecule has 1 aromatic carbocycles. The molecule has 0 saturated heterocycles. The summed E-state index contributed by atoms with van der Waals surface area (Å²) in [6.45, 7) is 4.16. The van der Waals surface area contributed by atoms with Crippen LogP contribution >= 0.6 is 0 Å². The molecule has 0 radical (unpaired) electrons. The van der Waals surface area contributed by atoms with Crippen LogP contribution in [0, 0.1) is 11.3 Å². The molecule has 0 amide bonds. The van der Waals surface area contributed by atoms with E-state index < -0.39 is 0 Å². The lowest BCUT2D eigenvalue weighted by Crippen LogP contribution is -2.26. The van der Waals surface area contributed by atoms with Crippen LogP contribution in [0.25, 0.3) is 0 Å². The van der Waals surface area contributed by atoms with Gasteiger partial charge in [0.25, 0.3) is 0 Å². The normalized spacial score (nSPS) is 9.88. The summed E-state index contributed by atoms with van der Waals surface area (Å²) in [5.74, 6) is 0. The Hall–Kier alpha value is -1.69. The monoisotopic (exact) mass is 231 g/mol. The average Bonchev–Trinajstić information content (AvgIpc) is 2.34. The van der Waals surface area contributed by atoms with Crippen molar-refractivity contribution in [3.63, 3.8) is 0 Å². The van der Waals surface area contributed by atoms with Crippen LogP contribution in [0.1, 0.15) is 32.6 Å². The topological polar surface area (TPSA) is 53.0 Å². The van der Waals surface area contributed by atoms with E-state index >= 15 is 0 Å². The van der Waals surface area contributed by atoms with Crippen LogP contribution in [-0.4, -0.2) is 13.1 Å². The van der Waals surface area contributed by atoms with E-state index in [1.54, 1.807) is 0 Å². The van der Waals surface area contributed by atoms with Gasteiger partial charge in [-0.25, -0.2) is 0 Å². The van der Waals surface area contributed by atoms with Crippen molar-refractivity contribution in [1.82, 2.24) is 0 Å². The third kappa shape index (κ3) is 4.36. The minimum Gasteiger partial charge on any atom is -0.397 e. The van der Waals surface area contributed by atoms with Crippen LogP contribution in [0.4, 0.5) is 11.4 Å². The van der Waals surface area contributed by atoms with Gasteiger partial charge in [0.05, 0.1) is 17.4 Å². The van der Waals surface area contributed by atoms with E-state index in [9.17, 15) is 0 Å². The summed E-state index contributed by atoms with van der Waals surface area (Å²) in [5, 5.41) is 8.51. The molecule has 92 valence electrons. The number of benzene rings is 1. The third-order valence-electron chi connectivity index (χ3n) is 2.74. The number of anilines is 2. The van der Waals surface area contributed by atoms with Gasteiger partial charge in [0.15, 0.2) is 0 Å². The highest BCUT2D eigenvalue weighted by molar-refractivity contribution is 5.67. The van der Waals surface area contributed by atoms with Crippen molar-refractivity contribution in [3.8, 4) is 6.07 Å². The number of nitriles is 1. The Morgan fingerprint density at radius 2 is 2.00 bits per heavy atom. The first-order valence-electron chi connectivity index (χ1n) is 6.26. The lowest BCUT2D eigenvalue weighted by molar-refractivity contribution is 0.687. The molecule has 1 rings (SSSR count). The Morgan fingerprint density at radius 3 is 2.65 bits per heavy atom. The second kappa shape index (κ2) is 7.56. The zero-order chi connectivity index (χ0) is 12.5. The first-order valence-corrected chi connectivity index (χ1v) is 6.26. The van der Waals surface area contributed by atoms with Crippen LogP contribution in [0.5, 0.6) is 0 Å². The molecule has 0 atom stereocenters. The molecule has 0 heterocycles. The van der Waals surface area contributed by atoms with E-state index in [0.717, 1.165) is 43.7 Å². The SMILES string of the molecule is CCCN(CCCCC#N)c1ccccc1N. The number of nitrogen functional groups attached to an aromatic ring is 1. The van der Waals surface area contributed by atoms with Gasteiger partial charge >= 0.3 is 0 Å². The largest absolute Gasteiger partial charge is 0.397 e. The zero-order valence-corrected chi connectivity index (χ0v) is 10.5. The van der Waals surface area contributed by atoms with Crippen LogP contribution in [0.3, 0.4) is 0 Å². The fourth-order valence-electron chi connectivity index (χ4n) is 1.90. The maximum Gasteiger partial charge on any atom is 0.0621 e. The van der Waals surface area contributed by atoms with Crippen LogP contribution in [-0.2, 0) is 0 Å². The van der Waals surface area contributed by atoms with Gasteiger partial charge in [-0.05, 0) is 31.4 Å². The molecular weight excluding hydrogens is 210 g/mol. The highest BCUT2D eigenvalue weighted by atomic mass is 15.1. The highest BCUT2D eigenvalue weighted by Crippen LogP contribution is 2.23. The minimum absolute atomic E-state index is 0.643. The van der Waals surface area contributed by atoms with E-state index in [1.807, 2.05) is 18.2 Å². The van der Waals surface area contributed by atoms with E-state index in [0.29, 0.717) is 6.42 Å². The van der Waals surface area contributed by atoms with Crippen molar-refractivity contribution < 1.29 is 0 Å². The summed E-state index contributed by atoms with van der Waals surface area (Å²) < 4.78 is 0. The molecule has 2 N–H and O–H groups in total. The van der Waals surface area contributed by atoms with Gasteiger partial charge < -0.3 is 10.6 Å². The number of unbranched alkanes of at least 4 members (excludes halogenated alkanes) is 2. The van der Waals surface area contributed by atoms with Crippen molar-refractivity contribution >= 4 is 11.4 Å². The van der Waals surface area contributed by atoms with Crippen molar-refractivity contribution in [2.24, 2.45) is 0 Å². The standard InChI is InChI=1S/C14H21N3/c1-2-11-17(12-7-3-6-10-15)14-9-5-4-8-13(14)16/h4-5,8-9H,2-3,6-7,11-12,16H2,1H3. The molecular formula is C14H21N3. The molecule has 3 nitrogen and oxygen atoms in total. The Bertz CT molecular complexity index is 368. The summed E-state index contributed by atoms with van der Waals surface area (Å²) in [4.78, 5) is 2.31. The molecule has 0 aliphatic rings. The van der Waals surface area contributed by atoms with Gasteiger partial charge in [0.2, 0.25) is 0 Å². The molecule has 1 aromatic rings. The summed E-state index contributed by atoms with van der Waals surface area (Å²) in [7, 11) is 0. The Balaban J connectivity index is 2.59. The molecule has 0 fully saturated rings. The van der Waals surface area contributed by atoms with Gasteiger partial charge in [-0.2, -0.15) is 5.26 Å². The number of hydrogen-bond acceptors (Lipinski definition) is 3. The Morgan fingerprint density at radius 1 is 1.24 bits per heavy atom. The molecule has 0 spiro atoms. The van der Waals surface area contributed by atoms with Crippen molar-refractivity contribution in [2.75, 3.05) is 23.7 Å². The first-order chi connectivity index (χ1) is 8.29. The van der Waals surface area contributed by atoms with Gasteiger partial charge in [-0.15, -0.1) is 0 Å². The smallest absolute Gasteiger partial charge is 0.0621 e. The van der Waals surface area contributed by atoms with E-state index in [4.69, 9.17) is 11.0 Å². The number of nitrogens with two attached hydrogens (primary N) is 1. The van der Waals surface area contributed by atoms with E-state index in [1.165, 1.54) is 0 Å². The molecule has 0 saturated carbocycles. The first kappa shape index (κ1) is 13.4. The Labute approximate surface area is 104 Å². The predicted octanol–water partition coefficient (Wildman–Crippen LogP) is 3.18. The van der Waals surface area contributed by atoms with Crippen molar-refractivity contribution in [2.45, 2.75) is 32.6 Å². The fourth-order valence-corrected chi connectivity index (χ4v) is 1.90. The lowest BCUT2D eigenvalue weighted by atomic mass is 10.2. The van der Waals surface area contributed by atoms with E-state index in [-0.39, 0.29) is 0 Å². The second-order valence-corrected chi connectivity index (χ2v) is 4.16. The fraction of sp³-hybridized carbons (Fsp3) is 0.500.